The molecular formula is C28H41N5O9. The van der Waals surface area contributed by atoms with E-state index in [4.69, 9.17) is 20.9 Å². The van der Waals surface area contributed by atoms with Crippen LogP contribution >= 0.6 is 0 Å². The van der Waals surface area contributed by atoms with E-state index >= 15 is 0 Å². The monoisotopic (exact) mass is 591 g/mol. The standard InChI is InChI=1S/C28H41N5O9/c1-4-17(5-2)24(32-15(3)34)23-19(33-27(29)30)14-18(26(38)39)25(23)42-28(40)31-11-6-12-41-22(37)10-8-16-7-9-20(35)21(36)13-16/h7-10,13,17-19,23-25,35-36H,4-6,11-12,14H2,1-3H3,(H,31,40)(H,32,34)(H,38,39)(H4,29,30,33). The van der Waals surface area contributed by atoms with Crippen molar-refractivity contribution in [3.05, 3.63) is 29.8 Å². The third kappa shape index (κ3) is 9.85. The zero-order valence-electron chi connectivity index (χ0n) is 24.0. The van der Waals surface area contributed by atoms with Crippen molar-refractivity contribution in [2.45, 2.75) is 64.6 Å². The Morgan fingerprint density at radius 3 is 2.40 bits per heavy atom. The number of aliphatic imine (C=N–C) groups is 1. The molecule has 1 aliphatic carbocycles. The minimum atomic E-state index is -1.18. The van der Waals surface area contributed by atoms with E-state index in [0.717, 1.165) is 6.08 Å². The van der Waals surface area contributed by atoms with Gasteiger partial charge in [-0.1, -0.05) is 32.8 Å². The predicted octanol–water partition coefficient (Wildman–Crippen LogP) is 1.44. The van der Waals surface area contributed by atoms with Crippen LogP contribution in [0.15, 0.2) is 29.3 Å². The number of aliphatic carboxylic acids is 1. The Morgan fingerprint density at radius 2 is 1.83 bits per heavy atom. The van der Waals surface area contributed by atoms with Gasteiger partial charge in [0.2, 0.25) is 5.91 Å². The third-order valence-electron chi connectivity index (χ3n) is 7.18. The van der Waals surface area contributed by atoms with E-state index in [2.05, 4.69) is 15.6 Å². The van der Waals surface area contributed by atoms with Gasteiger partial charge < -0.3 is 46.9 Å². The van der Waals surface area contributed by atoms with Gasteiger partial charge in [0.25, 0.3) is 0 Å². The van der Waals surface area contributed by atoms with Gasteiger partial charge in [0, 0.05) is 31.5 Å². The highest BCUT2D eigenvalue weighted by atomic mass is 16.6. The van der Waals surface area contributed by atoms with Crippen molar-refractivity contribution in [3.8, 4) is 11.5 Å². The zero-order valence-corrected chi connectivity index (χ0v) is 24.0. The van der Waals surface area contributed by atoms with Crippen molar-refractivity contribution >= 4 is 36.0 Å². The van der Waals surface area contributed by atoms with Crippen molar-refractivity contribution in [1.82, 2.24) is 10.6 Å². The molecule has 0 bridgehead atoms. The number of hydrogen-bond donors (Lipinski definition) is 7. The second-order valence-corrected chi connectivity index (χ2v) is 10.1. The van der Waals surface area contributed by atoms with Gasteiger partial charge in [-0.25, -0.2) is 14.6 Å². The summed E-state index contributed by atoms with van der Waals surface area (Å²) in [5.74, 6) is -4.86. The van der Waals surface area contributed by atoms with Crippen LogP contribution in [0.5, 0.6) is 11.5 Å². The topological polar surface area (TPSA) is 236 Å². The van der Waals surface area contributed by atoms with Crippen LogP contribution in [0.1, 0.15) is 52.0 Å². The van der Waals surface area contributed by atoms with E-state index in [0.29, 0.717) is 18.4 Å². The summed E-state index contributed by atoms with van der Waals surface area (Å²) in [6.07, 6.45) is 2.16. The molecule has 1 aromatic carbocycles. The number of rotatable bonds is 14. The lowest BCUT2D eigenvalue weighted by atomic mass is 9.80. The maximum absolute atomic E-state index is 12.7. The first-order valence-electron chi connectivity index (χ1n) is 13.8. The Hall–Kier alpha value is -4.49. The average Bonchev–Trinajstić information content (AvgIpc) is 3.25. The SMILES string of the molecule is CCC(CC)C(NC(C)=O)C1C(N=C(N)N)CC(C(=O)O)C1OC(=O)NCCCOC(=O)C=Cc1ccc(O)c(O)c1. The molecule has 9 N–H and O–H groups in total. The second kappa shape index (κ2) is 16.1. The number of amides is 2. The molecule has 5 unspecified atom stereocenters. The molecule has 5 atom stereocenters. The molecule has 0 spiro atoms. The molecule has 1 aliphatic rings. The van der Waals surface area contributed by atoms with Gasteiger partial charge in [0.05, 0.1) is 18.6 Å². The summed E-state index contributed by atoms with van der Waals surface area (Å²) in [5.41, 5.74) is 11.7. The Morgan fingerprint density at radius 1 is 1.14 bits per heavy atom. The fraction of sp³-hybridized carbons (Fsp3) is 0.536. The Balaban J connectivity index is 2.03. The number of carboxylic acid groups (broad SMARTS) is 1. The van der Waals surface area contributed by atoms with Gasteiger partial charge >= 0.3 is 18.0 Å². The Kier molecular flexibility index (Phi) is 12.9. The number of benzene rings is 1. The highest BCUT2D eigenvalue weighted by Crippen LogP contribution is 2.41. The van der Waals surface area contributed by atoms with E-state index in [-0.39, 0.29) is 55.3 Å². The highest BCUT2D eigenvalue weighted by Gasteiger charge is 2.53. The smallest absolute Gasteiger partial charge is 0.407 e. The largest absolute Gasteiger partial charge is 0.504 e. The molecule has 0 radical (unpaired) electrons. The number of phenols is 2. The Labute approximate surface area is 244 Å². The highest BCUT2D eigenvalue weighted by molar-refractivity contribution is 5.87. The molecule has 14 nitrogen and oxygen atoms in total. The molecule has 1 aromatic rings. The summed E-state index contributed by atoms with van der Waals surface area (Å²) in [7, 11) is 0. The molecule has 0 aliphatic heterocycles. The van der Waals surface area contributed by atoms with Crippen LogP contribution in [0, 0.1) is 17.8 Å². The van der Waals surface area contributed by atoms with Crippen LogP contribution in [-0.4, -0.2) is 76.6 Å². The number of nitrogens with two attached hydrogens (primary N) is 2. The normalized spacial score (nSPS) is 20.6. The number of carbonyl (C=O) groups is 4. The number of nitrogens with one attached hydrogen (secondary N) is 2. The minimum absolute atomic E-state index is 0.0132. The molecule has 2 rings (SSSR count). The van der Waals surface area contributed by atoms with Crippen LogP contribution < -0.4 is 22.1 Å². The molecule has 1 fully saturated rings. The number of nitrogens with zero attached hydrogens (tertiary/aromatic N) is 1. The lowest BCUT2D eigenvalue weighted by Gasteiger charge is -2.36. The van der Waals surface area contributed by atoms with Gasteiger partial charge in [-0.05, 0) is 42.5 Å². The second-order valence-electron chi connectivity index (χ2n) is 10.1. The third-order valence-corrected chi connectivity index (χ3v) is 7.18. The van der Waals surface area contributed by atoms with Crippen molar-refractivity contribution in [1.29, 1.82) is 0 Å². The van der Waals surface area contributed by atoms with Crippen LogP contribution in [-0.2, 0) is 23.9 Å². The maximum atomic E-state index is 12.7. The number of alkyl carbamates (subject to hydrolysis) is 1. The maximum Gasteiger partial charge on any atom is 0.407 e. The molecule has 2 amide bonds. The zero-order chi connectivity index (χ0) is 31.4. The summed E-state index contributed by atoms with van der Waals surface area (Å²) in [6.45, 7) is 5.30. The molecule has 1 saturated carbocycles. The molecule has 42 heavy (non-hydrogen) atoms. The van der Waals surface area contributed by atoms with Crippen LogP contribution in [0.25, 0.3) is 6.08 Å². The summed E-state index contributed by atoms with van der Waals surface area (Å²) >= 11 is 0. The number of esters is 1. The summed E-state index contributed by atoms with van der Waals surface area (Å²) in [5, 5.41) is 34.2. The first-order chi connectivity index (χ1) is 19.9. The van der Waals surface area contributed by atoms with Crippen LogP contribution in [0.2, 0.25) is 0 Å². The van der Waals surface area contributed by atoms with Gasteiger partial charge in [0.15, 0.2) is 17.5 Å². The molecule has 232 valence electrons. The number of phenolic OH excluding ortho intramolecular Hbond substituents is 2. The number of guanidine groups is 1. The van der Waals surface area contributed by atoms with Gasteiger partial charge in [-0.2, -0.15) is 0 Å². The van der Waals surface area contributed by atoms with Crippen molar-refractivity contribution in [2.75, 3.05) is 13.2 Å². The van der Waals surface area contributed by atoms with Crippen LogP contribution in [0.4, 0.5) is 4.79 Å². The first-order valence-corrected chi connectivity index (χ1v) is 13.8. The van der Waals surface area contributed by atoms with E-state index in [1.165, 1.54) is 31.2 Å². The van der Waals surface area contributed by atoms with Crippen LogP contribution in [0.3, 0.4) is 0 Å². The summed E-state index contributed by atoms with van der Waals surface area (Å²) in [4.78, 5) is 53.2. The van der Waals surface area contributed by atoms with Crippen molar-refractivity contribution in [3.63, 3.8) is 0 Å². The number of carbonyl (C=O) groups excluding carboxylic acids is 3. The first kappa shape index (κ1) is 33.7. The predicted molar refractivity (Wildman–Crippen MR) is 153 cm³/mol. The van der Waals surface area contributed by atoms with E-state index in [1.807, 2.05) is 13.8 Å². The van der Waals surface area contributed by atoms with Gasteiger partial charge in [-0.15, -0.1) is 0 Å². The lowest BCUT2D eigenvalue weighted by Crippen LogP contribution is -2.52. The van der Waals surface area contributed by atoms with E-state index in [9.17, 15) is 34.5 Å². The van der Waals surface area contributed by atoms with Gasteiger partial charge in [-0.3, -0.25) is 9.59 Å². The molecule has 14 heteroatoms. The van der Waals surface area contributed by atoms with E-state index in [1.54, 1.807) is 0 Å². The lowest BCUT2D eigenvalue weighted by molar-refractivity contribution is -0.145. The summed E-state index contributed by atoms with van der Waals surface area (Å²) < 4.78 is 10.7. The molecular weight excluding hydrogens is 550 g/mol. The number of carboxylic acids is 1. The molecule has 0 aromatic heterocycles. The fourth-order valence-corrected chi connectivity index (χ4v) is 5.23. The quantitative estimate of drug-likeness (QED) is 0.0408. The van der Waals surface area contributed by atoms with Crippen molar-refractivity contribution in [2.24, 2.45) is 34.2 Å². The fourth-order valence-electron chi connectivity index (χ4n) is 5.23. The number of ether oxygens (including phenoxy) is 2. The minimum Gasteiger partial charge on any atom is -0.504 e. The Bertz CT molecular complexity index is 1160. The number of hydrogen-bond acceptors (Lipinski definition) is 9. The van der Waals surface area contributed by atoms with E-state index < -0.39 is 48.1 Å². The molecule has 0 heterocycles. The van der Waals surface area contributed by atoms with Crippen molar-refractivity contribution < 1.29 is 44.0 Å². The number of aromatic hydroxyl groups is 2. The average molecular weight is 592 g/mol. The summed E-state index contributed by atoms with van der Waals surface area (Å²) in [6, 6.07) is 2.81. The van der Waals surface area contributed by atoms with Gasteiger partial charge in [0.1, 0.15) is 6.10 Å². The molecule has 0 saturated heterocycles.